The second-order valence-electron chi connectivity index (χ2n) is 3.71. The molecule has 0 aliphatic rings. The third kappa shape index (κ3) is 44.1. The molecule has 0 saturated heterocycles. The molecule has 0 fully saturated rings. The molecule has 3 N–H and O–H groups in total. The first kappa shape index (κ1) is 23.4. The molecule has 0 bridgehead atoms. The molecular formula is C10H23NaO6S. The van der Waals surface area contributed by atoms with Crippen molar-refractivity contribution in [3.63, 3.8) is 0 Å². The van der Waals surface area contributed by atoms with Crippen molar-refractivity contribution in [1.29, 1.82) is 0 Å². The number of unbranched alkanes of at least 4 members (excludes halogenated alkanes) is 6. The monoisotopic (exact) mass is 294 g/mol. The summed E-state index contributed by atoms with van der Waals surface area (Å²) in [6, 6.07) is 0. The Hall–Kier alpha value is 0.340. The Labute approximate surface area is 131 Å². The fraction of sp³-hybridized carbons (Fsp3) is 0.900. The number of rotatable bonds is 8. The zero-order valence-corrected chi connectivity index (χ0v) is 10.9. The van der Waals surface area contributed by atoms with Gasteiger partial charge in [0.1, 0.15) is 0 Å². The van der Waals surface area contributed by atoms with Crippen molar-refractivity contribution in [2.24, 2.45) is 0 Å². The Balaban J connectivity index is -0.000000321. The first-order valence-electron chi connectivity index (χ1n) is 5.69. The first-order chi connectivity index (χ1) is 7.77. The van der Waals surface area contributed by atoms with E-state index in [0.717, 1.165) is 12.8 Å². The predicted molar refractivity (Wildman–Crippen MR) is 71.6 cm³/mol. The summed E-state index contributed by atoms with van der Waals surface area (Å²) in [4.78, 5) is 10.1. The molecule has 0 aliphatic heterocycles. The van der Waals surface area contributed by atoms with Crippen LogP contribution in [0.2, 0.25) is 0 Å². The van der Waals surface area contributed by atoms with Gasteiger partial charge in [-0.05, 0) is 6.42 Å². The molecule has 0 rings (SSSR count). The van der Waals surface area contributed by atoms with Crippen LogP contribution in [0, 0.1) is 0 Å². The molecule has 0 unspecified atom stereocenters. The summed E-state index contributed by atoms with van der Waals surface area (Å²) in [7, 11) is -4.67. The van der Waals surface area contributed by atoms with Gasteiger partial charge in [0.15, 0.2) is 0 Å². The maximum absolute atomic E-state index is 10.1. The van der Waals surface area contributed by atoms with E-state index in [1.165, 1.54) is 32.1 Å². The van der Waals surface area contributed by atoms with E-state index in [9.17, 15) is 4.79 Å². The second-order valence-corrected chi connectivity index (χ2v) is 4.61. The molecular weight excluding hydrogens is 271 g/mol. The van der Waals surface area contributed by atoms with E-state index >= 15 is 0 Å². The van der Waals surface area contributed by atoms with E-state index in [0.29, 0.717) is 6.42 Å². The fourth-order valence-electron chi connectivity index (χ4n) is 1.23. The van der Waals surface area contributed by atoms with Crippen LogP contribution >= 0.6 is 0 Å². The summed E-state index contributed by atoms with van der Waals surface area (Å²) in [5.74, 6) is -0.663. The number of aliphatic carboxylic acids is 1. The molecule has 0 radical (unpaired) electrons. The second kappa shape index (κ2) is 15.4. The number of carbonyl (C=O) groups is 1. The summed E-state index contributed by atoms with van der Waals surface area (Å²) >= 11 is 0. The summed E-state index contributed by atoms with van der Waals surface area (Å²) in [6.07, 6.45) is 8.64. The molecule has 0 aliphatic carbocycles. The quantitative estimate of drug-likeness (QED) is 0.358. The van der Waals surface area contributed by atoms with Gasteiger partial charge in [-0.15, -0.1) is 0 Å². The number of hydrogen-bond donors (Lipinski definition) is 3. The van der Waals surface area contributed by atoms with E-state index < -0.39 is 16.4 Å². The molecule has 0 aromatic carbocycles. The van der Waals surface area contributed by atoms with Crippen LogP contribution in [0.3, 0.4) is 0 Å². The fourth-order valence-corrected chi connectivity index (χ4v) is 1.23. The number of carboxylic acid groups (broad SMARTS) is 1. The average Bonchev–Trinajstić information content (AvgIpc) is 2.13. The van der Waals surface area contributed by atoms with Crippen molar-refractivity contribution in [3.05, 3.63) is 0 Å². The van der Waals surface area contributed by atoms with Gasteiger partial charge in [-0.2, -0.15) is 8.42 Å². The third-order valence-corrected chi connectivity index (χ3v) is 1.99. The third-order valence-electron chi connectivity index (χ3n) is 1.99. The molecule has 0 spiro atoms. The minimum absolute atomic E-state index is 0. The molecule has 0 saturated carbocycles. The summed E-state index contributed by atoms with van der Waals surface area (Å²) in [5, 5.41) is 8.35. The van der Waals surface area contributed by atoms with Gasteiger partial charge in [-0.1, -0.05) is 45.4 Å². The standard InChI is InChI=1S/C10H20O2.Na.H2O4S.H/c1-2-3-4-5-6-7-8-9-10(11)12;;1-5(2,3)4;/h2-9H2,1H3,(H,11,12);;(H2,1,2,3,4);. The molecule has 0 heterocycles. The van der Waals surface area contributed by atoms with Gasteiger partial charge in [0, 0.05) is 6.42 Å². The zero-order chi connectivity index (χ0) is 13.7. The number of carboxylic acids is 1. The van der Waals surface area contributed by atoms with Crippen molar-refractivity contribution in [2.45, 2.75) is 58.3 Å². The van der Waals surface area contributed by atoms with Gasteiger partial charge >= 0.3 is 45.9 Å². The summed E-state index contributed by atoms with van der Waals surface area (Å²) in [5.41, 5.74) is 0. The van der Waals surface area contributed by atoms with E-state index in [4.69, 9.17) is 22.6 Å². The Morgan fingerprint density at radius 2 is 1.28 bits per heavy atom. The molecule has 18 heavy (non-hydrogen) atoms. The average molecular weight is 294 g/mol. The Morgan fingerprint density at radius 1 is 0.944 bits per heavy atom. The van der Waals surface area contributed by atoms with E-state index in [1.54, 1.807) is 0 Å². The van der Waals surface area contributed by atoms with Crippen LogP contribution in [-0.4, -0.2) is 58.2 Å². The normalized spacial score (nSPS) is 9.94. The predicted octanol–water partition coefficient (Wildman–Crippen LogP) is 1.91. The SMILES string of the molecule is CCCCCCCCCC(=O)O.O=S(=O)(O)O.[NaH]. The summed E-state index contributed by atoms with van der Waals surface area (Å²) in [6.45, 7) is 2.20. The van der Waals surface area contributed by atoms with Gasteiger partial charge < -0.3 is 5.11 Å². The van der Waals surface area contributed by atoms with E-state index in [1.807, 2.05) is 0 Å². The Kier molecular flexibility index (Phi) is 20.0. The molecule has 106 valence electrons. The van der Waals surface area contributed by atoms with E-state index in [2.05, 4.69) is 6.92 Å². The zero-order valence-electron chi connectivity index (χ0n) is 10.1. The molecule has 0 atom stereocenters. The van der Waals surface area contributed by atoms with Gasteiger partial charge in [-0.25, -0.2) is 0 Å². The molecule has 6 nitrogen and oxygen atoms in total. The van der Waals surface area contributed by atoms with Gasteiger partial charge in [-0.3, -0.25) is 13.9 Å². The first-order valence-corrected chi connectivity index (χ1v) is 7.08. The van der Waals surface area contributed by atoms with Crippen molar-refractivity contribution >= 4 is 45.9 Å². The van der Waals surface area contributed by atoms with Crippen LogP contribution in [0.1, 0.15) is 58.3 Å². The van der Waals surface area contributed by atoms with Gasteiger partial charge in [0.2, 0.25) is 0 Å². The van der Waals surface area contributed by atoms with Crippen molar-refractivity contribution in [2.75, 3.05) is 0 Å². The number of hydrogen-bond acceptors (Lipinski definition) is 3. The van der Waals surface area contributed by atoms with Gasteiger partial charge in [0.25, 0.3) is 0 Å². The Morgan fingerprint density at radius 3 is 1.61 bits per heavy atom. The maximum atomic E-state index is 10.1. The van der Waals surface area contributed by atoms with Crippen LogP contribution < -0.4 is 0 Å². The topological polar surface area (TPSA) is 112 Å². The molecule has 0 aromatic heterocycles. The van der Waals surface area contributed by atoms with Crippen molar-refractivity contribution in [1.82, 2.24) is 0 Å². The van der Waals surface area contributed by atoms with Crippen LogP contribution in [0.4, 0.5) is 0 Å². The van der Waals surface area contributed by atoms with Crippen LogP contribution in [0.25, 0.3) is 0 Å². The van der Waals surface area contributed by atoms with E-state index in [-0.39, 0.29) is 29.6 Å². The van der Waals surface area contributed by atoms with Crippen LogP contribution in [-0.2, 0) is 15.2 Å². The molecule has 8 heteroatoms. The Bertz CT molecular complexity index is 270. The summed E-state index contributed by atoms with van der Waals surface area (Å²) < 4.78 is 31.6. The van der Waals surface area contributed by atoms with Crippen molar-refractivity contribution in [3.8, 4) is 0 Å². The van der Waals surface area contributed by atoms with Gasteiger partial charge in [0.05, 0.1) is 0 Å². The van der Waals surface area contributed by atoms with Crippen LogP contribution in [0.5, 0.6) is 0 Å². The minimum atomic E-state index is -4.67. The molecule has 0 amide bonds. The van der Waals surface area contributed by atoms with Crippen LogP contribution in [0.15, 0.2) is 0 Å². The van der Waals surface area contributed by atoms with Crippen molar-refractivity contribution < 1.29 is 27.4 Å². The molecule has 0 aromatic rings.